The van der Waals surface area contributed by atoms with Crippen LogP contribution in [0.25, 0.3) is 0 Å². The number of amides is 4. The molecular weight excluding hydrogens is 492 g/mol. The minimum absolute atomic E-state index is 0.0799. The molecule has 36 heavy (non-hydrogen) atoms. The number of carbonyl (C=O) groups is 3. The van der Waals surface area contributed by atoms with Crippen molar-refractivity contribution in [3.8, 4) is 5.75 Å². The Morgan fingerprint density at radius 1 is 1.22 bits per heavy atom. The van der Waals surface area contributed by atoms with E-state index in [9.17, 15) is 19.5 Å². The lowest BCUT2D eigenvalue weighted by Gasteiger charge is -2.36. The molecule has 0 saturated carbocycles. The first-order valence-corrected chi connectivity index (χ1v) is 12.1. The second kappa shape index (κ2) is 13.4. The Kier molecular flexibility index (Phi) is 10.9. The number of aliphatic hydroxyl groups excluding tert-OH is 1. The van der Waals surface area contributed by atoms with Crippen LogP contribution in [0.5, 0.6) is 5.75 Å². The van der Waals surface area contributed by atoms with Gasteiger partial charge in [-0.3, -0.25) is 9.69 Å². The maximum atomic E-state index is 12.7. The number of ether oxygens (including phenoxy) is 1. The number of methoxy groups -OCH3 is 1. The molecule has 13 heteroatoms. The van der Waals surface area contributed by atoms with Gasteiger partial charge in [0.05, 0.1) is 35.5 Å². The molecule has 3 rings (SSSR count). The number of halogens is 1. The molecule has 4 amide bonds. The van der Waals surface area contributed by atoms with E-state index in [0.717, 1.165) is 31.1 Å². The molecule has 0 aromatic heterocycles. The van der Waals surface area contributed by atoms with Crippen molar-refractivity contribution >= 4 is 35.3 Å². The molecule has 2 atom stereocenters. The standard InChI is InChI=1S/C20H30ClN5O4.C3H7NO2/c1-3-25-8-9-26(20(25)29)7-6-24-5-4-16(17(27)12-24)23-19(28)13-10-14(21)15(22)11-18(13)30-2;1-4(2)3(5)6/h10-11,16-17,27H,3-9,12,22H2,1-2H3,(H,23,28);1-2H3,(H,5,6)/t16-,17+;/m0./s1. The Morgan fingerprint density at radius 3 is 2.39 bits per heavy atom. The number of likely N-dealkylation sites (N-methyl/N-ethyl adjacent to an activating group) is 1. The van der Waals surface area contributed by atoms with Gasteiger partial charge < -0.3 is 40.7 Å². The number of likely N-dealkylation sites (tertiary alicyclic amines) is 1. The Hall–Kier alpha value is -2.96. The number of carboxylic acid groups (broad SMARTS) is 1. The molecule has 5 N–H and O–H groups in total. The number of hydrogen-bond acceptors (Lipinski definition) is 7. The van der Waals surface area contributed by atoms with E-state index in [1.165, 1.54) is 33.3 Å². The summed E-state index contributed by atoms with van der Waals surface area (Å²) in [6.07, 6.45) is -1.01. The average molecular weight is 529 g/mol. The molecule has 2 fully saturated rings. The number of benzene rings is 1. The molecule has 202 valence electrons. The van der Waals surface area contributed by atoms with Crippen LogP contribution in [0.4, 0.5) is 15.3 Å². The second-order valence-corrected chi connectivity index (χ2v) is 9.24. The van der Waals surface area contributed by atoms with E-state index >= 15 is 0 Å². The van der Waals surface area contributed by atoms with Gasteiger partial charge >= 0.3 is 12.1 Å². The number of nitrogen functional groups attached to an aromatic ring is 1. The lowest BCUT2D eigenvalue weighted by atomic mass is 10.0. The number of hydrogen-bond donors (Lipinski definition) is 4. The summed E-state index contributed by atoms with van der Waals surface area (Å²) in [7, 11) is 4.41. The molecule has 2 aliphatic heterocycles. The number of β-amino-alcohol motifs (C(OH)–C–C–N with tert-alkyl or cyclic N) is 1. The minimum atomic E-state index is -0.907. The third-order valence-corrected chi connectivity index (χ3v) is 6.50. The van der Waals surface area contributed by atoms with Crippen molar-refractivity contribution < 1.29 is 29.3 Å². The van der Waals surface area contributed by atoms with E-state index in [4.69, 9.17) is 27.2 Å². The number of nitrogens with zero attached hydrogens (tertiary/aromatic N) is 4. The fourth-order valence-corrected chi connectivity index (χ4v) is 4.09. The van der Waals surface area contributed by atoms with Gasteiger partial charge in [-0.05, 0) is 19.4 Å². The van der Waals surface area contributed by atoms with E-state index < -0.39 is 12.2 Å². The molecule has 0 unspecified atom stereocenters. The summed E-state index contributed by atoms with van der Waals surface area (Å²) < 4.78 is 5.23. The molecule has 1 aromatic carbocycles. The van der Waals surface area contributed by atoms with Crippen LogP contribution in [0, 0.1) is 0 Å². The van der Waals surface area contributed by atoms with Crippen molar-refractivity contribution in [3.63, 3.8) is 0 Å². The summed E-state index contributed by atoms with van der Waals surface area (Å²) in [5.41, 5.74) is 6.38. The van der Waals surface area contributed by atoms with Crippen molar-refractivity contribution in [1.29, 1.82) is 0 Å². The Balaban J connectivity index is 0.000000678. The lowest BCUT2D eigenvalue weighted by Crippen LogP contribution is -2.55. The van der Waals surface area contributed by atoms with Crippen LogP contribution in [0.3, 0.4) is 0 Å². The van der Waals surface area contributed by atoms with Gasteiger partial charge in [0.1, 0.15) is 5.75 Å². The maximum absolute atomic E-state index is 12.7. The Bertz CT molecular complexity index is 933. The van der Waals surface area contributed by atoms with Gasteiger partial charge in [0, 0.05) is 66.0 Å². The van der Waals surface area contributed by atoms with E-state index in [2.05, 4.69) is 10.2 Å². The summed E-state index contributed by atoms with van der Waals surface area (Å²) in [5, 5.41) is 21.6. The average Bonchev–Trinajstić information content (AvgIpc) is 3.20. The Labute approximate surface area is 216 Å². The number of nitrogens with two attached hydrogens (primary N) is 1. The van der Waals surface area contributed by atoms with Crippen molar-refractivity contribution in [1.82, 2.24) is 24.9 Å². The van der Waals surface area contributed by atoms with Crippen LogP contribution >= 0.6 is 11.6 Å². The van der Waals surface area contributed by atoms with Gasteiger partial charge in [-0.2, -0.15) is 0 Å². The lowest BCUT2D eigenvalue weighted by molar-refractivity contribution is 0.0359. The fourth-order valence-electron chi connectivity index (χ4n) is 3.93. The predicted molar refractivity (Wildman–Crippen MR) is 137 cm³/mol. The molecule has 2 aliphatic rings. The summed E-state index contributed by atoms with van der Waals surface area (Å²) in [6.45, 7) is 6.71. The fraction of sp³-hybridized carbons (Fsp3) is 0.609. The number of aliphatic hydroxyl groups is 1. The molecule has 1 aromatic rings. The van der Waals surface area contributed by atoms with Crippen LogP contribution in [-0.2, 0) is 0 Å². The van der Waals surface area contributed by atoms with Crippen molar-refractivity contribution in [3.05, 3.63) is 22.7 Å². The summed E-state index contributed by atoms with van der Waals surface area (Å²) >= 11 is 6.05. The molecular formula is C23H37ClN6O6. The molecule has 0 spiro atoms. The molecule has 0 bridgehead atoms. The summed E-state index contributed by atoms with van der Waals surface area (Å²) in [4.78, 5) is 41.4. The maximum Gasteiger partial charge on any atom is 0.406 e. The van der Waals surface area contributed by atoms with E-state index in [1.54, 1.807) is 0 Å². The topological polar surface area (TPSA) is 152 Å². The first-order valence-electron chi connectivity index (χ1n) is 11.8. The highest BCUT2D eigenvalue weighted by atomic mass is 35.5. The predicted octanol–water partition coefficient (Wildman–Crippen LogP) is 1.08. The highest BCUT2D eigenvalue weighted by Gasteiger charge is 2.31. The van der Waals surface area contributed by atoms with Crippen LogP contribution in [0.15, 0.2) is 12.1 Å². The molecule has 2 saturated heterocycles. The van der Waals surface area contributed by atoms with E-state index in [-0.39, 0.29) is 28.6 Å². The van der Waals surface area contributed by atoms with Gasteiger partial charge in [-0.25, -0.2) is 9.59 Å². The SMILES string of the molecule is CCN1CCN(CCN2CC[C@H](NC(=O)c3cc(Cl)c(N)cc3OC)[C@H](O)C2)C1=O.CN(C)C(=O)O. The van der Waals surface area contributed by atoms with Gasteiger partial charge in [0.15, 0.2) is 0 Å². The number of anilines is 1. The Morgan fingerprint density at radius 2 is 1.86 bits per heavy atom. The monoisotopic (exact) mass is 528 g/mol. The zero-order valence-corrected chi connectivity index (χ0v) is 22.0. The van der Waals surface area contributed by atoms with Gasteiger partial charge in [-0.15, -0.1) is 0 Å². The normalized spacial score (nSPS) is 20.0. The van der Waals surface area contributed by atoms with E-state index in [0.29, 0.717) is 37.5 Å². The third-order valence-electron chi connectivity index (χ3n) is 6.18. The molecule has 0 radical (unpaired) electrons. The third kappa shape index (κ3) is 7.77. The van der Waals surface area contributed by atoms with Crippen molar-refractivity contribution in [2.45, 2.75) is 25.5 Å². The molecule has 2 heterocycles. The van der Waals surface area contributed by atoms with Crippen LogP contribution < -0.4 is 15.8 Å². The van der Waals surface area contributed by atoms with Gasteiger partial charge in [-0.1, -0.05) is 11.6 Å². The van der Waals surface area contributed by atoms with Gasteiger partial charge in [0.2, 0.25) is 0 Å². The zero-order valence-electron chi connectivity index (χ0n) is 21.2. The summed E-state index contributed by atoms with van der Waals surface area (Å²) in [6, 6.07) is 2.68. The highest BCUT2D eigenvalue weighted by molar-refractivity contribution is 6.33. The van der Waals surface area contributed by atoms with Crippen molar-refractivity contribution in [2.24, 2.45) is 0 Å². The smallest absolute Gasteiger partial charge is 0.406 e. The molecule has 12 nitrogen and oxygen atoms in total. The first kappa shape index (κ1) is 29.3. The second-order valence-electron chi connectivity index (χ2n) is 8.84. The van der Waals surface area contributed by atoms with Crippen molar-refractivity contribution in [2.75, 3.05) is 72.8 Å². The number of piperidine rings is 1. The highest BCUT2D eigenvalue weighted by Crippen LogP contribution is 2.29. The number of nitrogens with one attached hydrogen (secondary N) is 1. The number of urea groups is 1. The van der Waals surface area contributed by atoms with E-state index in [1.807, 2.05) is 16.7 Å². The van der Waals surface area contributed by atoms with Crippen LogP contribution in [-0.4, -0.2) is 127 Å². The minimum Gasteiger partial charge on any atom is -0.496 e. The zero-order chi connectivity index (χ0) is 27.0. The number of rotatable bonds is 7. The largest absolute Gasteiger partial charge is 0.496 e. The van der Waals surface area contributed by atoms with Crippen LogP contribution in [0.1, 0.15) is 23.7 Å². The first-order chi connectivity index (χ1) is 17.0. The number of carbonyl (C=O) groups excluding carboxylic acids is 2. The summed E-state index contributed by atoms with van der Waals surface area (Å²) in [5.74, 6) is -0.0358. The quantitative estimate of drug-likeness (QED) is 0.384. The van der Waals surface area contributed by atoms with Crippen LogP contribution in [0.2, 0.25) is 5.02 Å². The molecule has 0 aliphatic carbocycles. The van der Waals surface area contributed by atoms with Gasteiger partial charge in [0.25, 0.3) is 5.91 Å².